The minimum atomic E-state index is -3.59. The second-order valence-electron chi connectivity index (χ2n) is 6.56. The number of halogens is 1. The number of primary amides is 1. The molecule has 0 saturated heterocycles. The molecule has 0 aliphatic heterocycles. The molecule has 0 bridgehead atoms. The third-order valence-corrected chi connectivity index (χ3v) is 4.39. The summed E-state index contributed by atoms with van der Waals surface area (Å²) < 4.78 is 50.5. The Morgan fingerprint density at radius 3 is 2.39 bits per heavy atom. The van der Waals surface area contributed by atoms with E-state index in [4.69, 9.17) is 14.9 Å². The number of nitrogens with one attached hydrogen (secondary N) is 1. The van der Waals surface area contributed by atoms with Gasteiger partial charge in [0.15, 0.2) is 0 Å². The molecule has 0 aliphatic rings. The number of hydrogen-bond acceptors (Lipinski definition) is 5. The second kappa shape index (κ2) is 7.16. The molecular formula is C19H19FN2O5S. The molecule has 0 radical (unpaired) electrons. The summed E-state index contributed by atoms with van der Waals surface area (Å²) in [5.41, 5.74) is 6.51. The molecule has 0 spiro atoms. The Kier molecular flexibility index (Phi) is 5.03. The molecule has 0 unspecified atom stereocenters. The molecule has 148 valence electrons. The molecule has 28 heavy (non-hydrogen) atoms. The molecule has 1 heterocycles. The van der Waals surface area contributed by atoms with Gasteiger partial charge in [-0.3, -0.25) is 9.52 Å². The van der Waals surface area contributed by atoms with Crippen LogP contribution in [0.5, 0.6) is 5.75 Å². The van der Waals surface area contributed by atoms with Crippen LogP contribution < -0.4 is 15.2 Å². The minimum Gasteiger partial charge on any atom is -0.489 e. The summed E-state index contributed by atoms with van der Waals surface area (Å²) in [6.45, 7) is 3.56. The van der Waals surface area contributed by atoms with E-state index in [1.165, 1.54) is 36.4 Å². The maximum atomic E-state index is 13.2. The average Bonchev–Trinajstić information content (AvgIpc) is 2.92. The van der Waals surface area contributed by atoms with E-state index in [1.807, 2.05) is 0 Å². The molecular weight excluding hydrogens is 387 g/mol. The lowest BCUT2D eigenvalue weighted by Crippen LogP contribution is -2.14. The van der Waals surface area contributed by atoms with Crippen LogP contribution in [0.15, 0.2) is 40.8 Å². The zero-order valence-electron chi connectivity index (χ0n) is 15.4. The molecule has 2 aromatic carbocycles. The topological polar surface area (TPSA) is 112 Å². The fourth-order valence-electron chi connectivity index (χ4n) is 2.80. The third-order valence-electron chi connectivity index (χ3n) is 3.80. The highest BCUT2D eigenvalue weighted by Crippen LogP contribution is 2.39. The highest BCUT2D eigenvalue weighted by Gasteiger charge is 2.23. The Labute approximate surface area is 161 Å². The lowest BCUT2D eigenvalue weighted by atomic mass is 10.0. The molecule has 0 fully saturated rings. The van der Waals surface area contributed by atoms with Crippen molar-refractivity contribution in [1.82, 2.24) is 0 Å². The number of carbonyl (C=O) groups excluding carboxylic acids is 1. The van der Waals surface area contributed by atoms with Crippen LogP contribution in [-0.4, -0.2) is 26.7 Å². The van der Waals surface area contributed by atoms with E-state index in [2.05, 4.69) is 4.72 Å². The van der Waals surface area contributed by atoms with Crippen LogP contribution in [0, 0.1) is 5.82 Å². The van der Waals surface area contributed by atoms with Gasteiger partial charge in [0.05, 0.1) is 23.6 Å². The molecule has 9 heteroatoms. The fourth-order valence-corrected chi connectivity index (χ4v) is 3.36. The van der Waals surface area contributed by atoms with Crippen molar-refractivity contribution in [2.45, 2.75) is 20.0 Å². The van der Waals surface area contributed by atoms with Crippen LogP contribution in [0.1, 0.15) is 24.2 Å². The normalized spacial score (nSPS) is 11.8. The summed E-state index contributed by atoms with van der Waals surface area (Å²) in [6, 6.07) is 8.31. The van der Waals surface area contributed by atoms with Gasteiger partial charge in [0, 0.05) is 17.0 Å². The van der Waals surface area contributed by atoms with Crippen molar-refractivity contribution in [3.8, 4) is 17.1 Å². The largest absolute Gasteiger partial charge is 0.489 e. The first-order valence-electron chi connectivity index (χ1n) is 8.36. The molecule has 0 atom stereocenters. The van der Waals surface area contributed by atoms with Gasteiger partial charge in [-0.25, -0.2) is 12.8 Å². The number of benzene rings is 2. The molecule has 3 N–H and O–H groups in total. The van der Waals surface area contributed by atoms with Gasteiger partial charge in [-0.1, -0.05) is 0 Å². The van der Waals surface area contributed by atoms with Crippen LogP contribution in [0.4, 0.5) is 10.1 Å². The van der Waals surface area contributed by atoms with Crippen molar-refractivity contribution in [1.29, 1.82) is 0 Å². The van der Waals surface area contributed by atoms with Gasteiger partial charge >= 0.3 is 0 Å². The third kappa shape index (κ3) is 4.09. The van der Waals surface area contributed by atoms with Gasteiger partial charge < -0.3 is 14.9 Å². The molecule has 3 aromatic rings. The summed E-state index contributed by atoms with van der Waals surface area (Å²) >= 11 is 0. The molecule has 1 aromatic heterocycles. The highest BCUT2D eigenvalue weighted by atomic mass is 32.2. The number of rotatable bonds is 6. The second-order valence-corrected chi connectivity index (χ2v) is 8.31. The lowest BCUT2D eigenvalue weighted by molar-refractivity contribution is 0.100. The van der Waals surface area contributed by atoms with E-state index in [0.717, 1.165) is 6.26 Å². The number of hydrogen-bond donors (Lipinski definition) is 2. The van der Waals surface area contributed by atoms with Crippen LogP contribution in [0.25, 0.3) is 22.3 Å². The Bertz CT molecular complexity index is 1150. The van der Waals surface area contributed by atoms with Gasteiger partial charge in [0.2, 0.25) is 10.0 Å². The molecule has 0 aliphatic carbocycles. The lowest BCUT2D eigenvalue weighted by Gasteiger charge is -2.15. The Hall–Kier alpha value is -3.07. The molecule has 3 rings (SSSR count). The standard InChI is InChI=1S/C19H19FN2O5S/c1-10(2)26-16-8-13-15(9-14(16)22-28(3,24)25)27-18(17(13)19(21)23)11-4-6-12(20)7-5-11/h4-10,22H,1-3H3,(H2,21,23). The number of carbonyl (C=O) groups is 1. The first kappa shape index (κ1) is 19.7. The van der Waals surface area contributed by atoms with Crippen molar-refractivity contribution in [2.75, 3.05) is 11.0 Å². The van der Waals surface area contributed by atoms with E-state index >= 15 is 0 Å². The van der Waals surface area contributed by atoms with Crippen LogP contribution in [0.2, 0.25) is 0 Å². The van der Waals surface area contributed by atoms with Crippen molar-refractivity contribution in [3.63, 3.8) is 0 Å². The monoisotopic (exact) mass is 406 g/mol. The SMILES string of the molecule is CC(C)Oc1cc2c(C(N)=O)c(-c3ccc(F)cc3)oc2cc1NS(C)(=O)=O. The minimum absolute atomic E-state index is 0.0983. The van der Waals surface area contributed by atoms with Gasteiger partial charge in [0.1, 0.15) is 22.9 Å². The van der Waals surface area contributed by atoms with E-state index in [1.54, 1.807) is 13.8 Å². The van der Waals surface area contributed by atoms with Crippen LogP contribution in [-0.2, 0) is 10.0 Å². The first-order chi connectivity index (χ1) is 13.0. The predicted molar refractivity (Wildman–Crippen MR) is 104 cm³/mol. The first-order valence-corrected chi connectivity index (χ1v) is 10.2. The van der Waals surface area contributed by atoms with Crippen molar-refractivity contribution < 1.29 is 26.8 Å². The summed E-state index contributed by atoms with van der Waals surface area (Å²) in [6.07, 6.45) is 0.759. The summed E-state index contributed by atoms with van der Waals surface area (Å²) in [5, 5.41) is 0.363. The van der Waals surface area contributed by atoms with Crippen molar-refractivity contribution in [3.05, 3.63) is 47.8 Å². The van der Waals surface area contributed by atoms with E-state index in [-0.39, 0.29) is 34.4 Å². The Morgan fingerprint density at radius 2 is 1.86 bits per heavy atom. The number of anilines is 1. The summed E-state index contributed by atoms with van der Waals surface area (Å²) in [7, 11) is -3.59. The van der Waals surface area contributed by atoms with Gasteiger partial charge in [-0.2, -0.15) is 0 Å². The average molecular weight is 406 g/mol. The Balaban J connectivity index is 2.28. The molecule has 0 saturated carbocycles. The number of furan rings is 1. The smallest absolute Gasteiger partial charge is 0.253 e. The summed E-state index contributed by atoms with van der Waals surface area (Å²) in [5.74, 6) is -0.790. The maximum absolute atomic E-state index is 13.2. The van der Waals surface area contributed by atoms with Crippen LogP contribution >= 0.6 is 0 Å². The van der Waals surface area contributed by atoms with E-state index in [0.29, 0.717) is 10.9 Å². The van der Waals surface area contributed by atoms with E-state index in [9.17, 15) is 17.6 Å². The van der Waals surface area contributed by atoms with Gasteiger partial charge in [-0.05, 0) is 44.2 Å². The number of nitrogens with two attached hydrogens (primary N) is 1. The zero-order chi connectivity index (χ0) is 20.6. The van der Waals surface area contributed by atoms with E-state index < -0.39 is 21.7 Å². The number of sulfonamides is 1. The van der Waals surface area contributed by atoms with Crippen molar-refractivity contribution in [2.24, 2.45) is 5.73 Å². The van der Waals surface area contributed by atoms with Gasteiger partial charge in [0.25, 0.3) is 5.91 Å². The van der Waals surface area contributed by atoms with Gasteiger partial charge in [-0.15, -0.1) is 0 Å². The summed E-state index contributed by atoms with van der Waals surface area (Å²) in [4.78, 5) is 12.1. The predicted octanol–water partition coefficient (Wildman–Crippen LogP) is 3.50. The van der Waals surface area contributed by atoms with Crippen LogP contribution in [0.3, 0.4) is 0 Å². The number of fused-ring (bicyclic) bond motifs is 1. The Morgan fingerprint density at radius 1 is 1.21 bits per heavy atom. The highest BCUT2D eigenvalue weighted by molar-refractivity contribution is 7.92. The maximum Gasteiger partial charge on any atom is 0.253 e. The van der Waals surface area contributed by atoms with Crippen molar-refractivity contribution >= 4 is 32.6 Å². The fraction of sp³-hybridized carbons (Fsp3) is 0.211. The zero-order valence-corrected chi connectivity index (χ0v) is 16.3. The number of ether oxygens (including phenoxy) is 1. The molecule has 1 amide bonds. The quantitative estimate of drug-likeness (QED) is 0.651. The number of amides is 1. The molecule has 7 nitrogen and oxygen atoms in total.